The van der Waals surface area contributed by atoms with Gasteiger partial charge < -0.3 is 5.73 Å². The number of benzene rings is 1. The SMILES string of the molecule is NC1=NC(c2cccc(CC(=O)c3ncc(Cl)cc3Cl)c2)(C(F)(F)F)CCS1. The predicted molar refractivity (Wildman–Crippen MR) is 105 cm³/mol. The number of hydrogen-bond acceptors (Lipinski definition) is 5. The molecule has 1 atom stereocenters. The third-order valence-corrected chi connectivity index (χ3v) is 5.62. The highest BCUT2D eigenvalue weighted by molar-refractivity contribution is 8.13. The first-order valence-corrected chi connectivity index (χ1v) is 9.85. The Morgan fingerprint density at radius 1 is 1.29 bits per heavy atom. The van der Waals surface area contributed by atoms with Crippen LogP contribution in [0.2, 0.25) is 10.0 Å². The van der Waals surface area contributed by atoms with E-state index in [2.05, 4.69) is 9.98 Å². The monoisotopic (exact) mass is 447 g/mol. The number of nitrogens with zero attached hydrogens (tertiary/aromatic N) is 2. The topological polar surface area (TPSA) is 68.3 Å². The summed E-state index contributed by atoms with van der Waals surface area (Å²) in [4.78, 5) is 20.2. The molecule has 0 bridgehead atoms. The molecule has 0 aliphatic carbocycles. The van der Waals surface area contributed by atoms with Crippen LogP contribution in [0.15, 0.2) is 41.5 Å². The van der Waals surface area contributed by atoms with Crippen LogP contribution in [0.4, 0.5) is 13.2 Å². The fourth-order valence-electron chi connectivity index (χ4n) is 2.98. The van der Waals surface area contributed by atoms with Crippen molar-refractivity contribution < 1.29 is 18.0 Å². The highest BCUT2D eigenvalue weighted by atomic mass is 35.5. The number of thioether (sulfide) groups is 1. The Hall–Kier alpha value is -1.77. The summed E-state index contributed by atoms with van der Waals surface area (Å²) in [6, 6.07) is 7.11. The van der Waals surface area contributed by atoms with E-state index in [9.17, 15) is 18.0 Å². The van der Waals surface area contributed by atoms with Gasteiger partial charge in [-0.05, 0) is 23.6 Å². The lowest BCUT2D eigenvalue weighted by atomic mass is 9.85. The van der Waals surface area contributed by atoms with E-state index in [4.69, 9.17) is 28.9 Å². The minimum atomic E-state index is -4.62. The van der Waals surface area contributed by atoms with E-state index < -0.39 is 17.5 Å². The molecule has 0 radical (unpaired) electrons. The smallest absolute Gasteiger partial charge is 0.379 e. The predicted octanol–water partition coefficient (Wildman–Crippen LogP) is 5.02. The number of nitrogens with two attached hydrogens (primary N) is 1. The van der Waals surface area contributed by atoms with Gasteiger partial charge >= 0.3 is 6.18 Å². The average Bonchev–Trinajstić information content (AvgIpc) is 2.60. The summed E-state index contributed by atoms with van der Waals surface area (Å²) < 4.78 is 41.8. The molecule has 10 heteroatoms. The quantitative estimate of drug-likeness (QED) is 0.667. The lowest BCUT2D eigenvalue weighted by molar-refractivity contribution is -0.189. The zero-order chi connectivity index (χ0) is 20.5. The van der Waals surface area contributed by atoms with Gasteiger partial charge in [-0.1, -0.05) is 59.2 Å². The van der Waals surface area contributed by atoms with Gasteiger partial charge in [0.2, 0.25) is 0 Å². The zero-order valence-corrected chi connectivity index (χ0v) is 16.6. The number of alkyl halides is 3. The van der Waals surface area contributed by atoms with Crippen LogP contribution in [0.25, 0.3) is 0 Å². The summed E-state index contributed by atoms with van der Waals surface area (Å²) >= 11 is 12.8. The van der Waals surface area contributed by atoms with E-state index in [0.29, 0.717) is 5.56 Å². The highest BCUT2D eigenvalue weighted by Gasteiger charge is 2.57. The second-order valence-corrected chi connectivity index (χ2v) is 8.15. The zero-order valence-electron chi connectivity index (χ0n) is 14.3. The molecule has 1 aromatic heterocycles. The number of carbonyl (C=O) groups excluding carboxylic acids is 1. The summed E-state index contributed by atoms with van der Waals surface area (Å²) in [6.45, 7) is 0. The average molecular weight is 448 g/mol. The maximum atomic E-state index is 13.9. The number of Topliss-reactive ketones (excluding diaryl/α,β-unsaturated/α-hetero) is 1. The molecule has 1 aromatic carbocycles. The molecule has 0 amide bonds. The fourth-order valence-corrected chi connectivity index (χ4v) is 4.30. The van der Waals surface area contributed by atoms with Crippen LogP contribution >= 0.6 is 35.0 Å². The van der Waals surface area contributed by atoms with Crippen LogP contribution in [0.3, 0.4) is 0 Å². The van der Waals surface area contributed by atoms with Crippen molar-refractivity contribution in [1.29, 1.82) is 0 Å². The van der Waals surface area contributed by atoms with Crippen molar-refractivity contribution >= 4 is 45.9 Å². The molecule has 1 aliphatic rings. The molecule has 4 nitrogen and oxygen atoms in total. The summed E-state index contributed by atoms with van der Waals surface area (Å²) in [5, 5.41) is 0.255. The van der Waals surface area contributed by atoms with E-state index in [1.807, 2.05) is 0 Å². The molecule has 2 N–H and O–H groups in total. The van der Waals surface area contributed by atoms with E-state index in [1.54, 1.807) is 6.07 Å². The molecule has 2 heterocycles. The van der Waals surface area contributed by atoms with Crippen LogP contribution in [0.1, 0.15) is 28.0 Å². The molecular weight excluding hydrogens is 434 g/mol. The van der Waals surface area contributed by atoms with Gasteiger partial charge in [-0.2, -0.15) is 13.2 Å². The van der Waals surface area contributed by atoms with Gasteiger partial charge in [0.1, 0.15) is 5.69 Å². The highest BCUT2D eigenvalue weighted by Crippen LogP contribution is 2.48. The Kier molecular flexibility index (Phi) is 5.93. The molecule has 2 aromatic rings. The number of hydrogen-bond donors (Lipinski definition) is 1. The van der Waals surface area contributed by atoms with E-state index in [0.717, 1.165) is 11.8 Å². The second-order valence-electron chi connectivity index (χ2n) is 6.19. The largest absolute Gasteiger partial charge is 0.417 e. The van der Waals surface area contributed by atoms with Crippen molar-refractivity contribution in [3.63, 3.8) is 0 Å². The van der Waals surface area contributed by atoms with Gasteiger partial charge in [0.25, 0.3) is 0 Å². The Morgan fingerprint density at radius 2 is 2.04 bits per heavy atom. The van der Waals surface area contributed by atoms with E-state index in [-0.39, 0.29) is 45.1 Å². The van der Waals surface area contributed by atoms with Gasteiger partial charge in [-0.15, -0.1) is 0 Å². The maximum absolute atomic E-state index is 13.9. The summed E-state index contributed by atoms with van der Waals surface area (Å²) in [6.07, 6.45) is -3.73. The van der Waals surface area contributed by atoms with Crippen molar-refractivity contribution in [2.24, 2.45) is 10.7 Å². The first kappa shape index (κ1) is 21.0. The van der Waals surface area contributed by atoms with Crippen LogP contribution in [0.5, 0.6) is 0 Å². The Bertz CT molecular complexity index is 952. The number of ketones is 1. The molecule has 148 valence electrons. The van der Waals surface area contributed by atoms with Gasteiger partial charge in [-0.3, -0.25) is 4.79 Å². The number of amidine groups is 1. The Morgan fingerprint density at radius 3 is 2.68 bits per heavy atom. The maximum Gasteiger partial charge on any atom is 0.417 e. The van der Waals surface area contributed by atoms with Crippen molar-refractivity contribution in [2.45, 2.75) is 24.6 Å². The third kappa shape index (κ3) is 4.14. The molecule has 28 heavy (non-hydrogen) atoms. The van der Waals surface area contributed by atoms with E-state index in [1.165, 1.54) is 30.5 Å². The fraction of sp³-hybridized carbons (Fsp3) is 0.278. The summed E-state index contributed by atoms with van der Waals surface area (Å²) in [7, 11) is 0. The Labute approximate surface area is 173 Å². The van der Waals surface area contributed by atoms with Crippen LogP contribution in [-0.2, 0) is 12.0 Å². The minimum Gasteiger partial charge on any atom is -0.379 e. The number of halogens is 5. The molecule has 1 aliphatic heterocycles. The lowest BCUT2D eigenvalue weighted by Crippen LogP contribution is -2.44. The number of carbonyl (C=O) groups is 1. The van der Waals surface area contributed by atoms with Crippen molar-refractivity contribution in [3.05, 3.63) is 63.4 Å². The van der Waals surface area contributed by atoms with Crippen molar-refractivity contribution in [3.8, 4) is 0 Å². The molecular formula is C18H14Cl2F3N3OS. The van der Waals surface area contributed by atoms with Gasteiger partial charge in [-0.25, -0.2) is 9.98 Å². The lowest BCUT2D eigenvalue weighted by Gasteiger charge is -2.35. The van der Waals surface area contributed by atoms with E-state index >= 15 is 0 Å². The van der Waals surface area contributed by atoms with Gasteiger partial charge in [0.15, 0.2) is 16.5 Å². The first-order chi connectivity index (χ1) is 13.1. The summed E-state index contributed by atoms with van der Waals surface area (Å²) in [5.74, 6) is -0.232. The van der Waals surface area contributed by atoms with Gasteiger partial charge in [0, 0.05) is 18.4 Å². The van der Waals surface area contributed by atoms with Gasteiger partial charge in [0.05, 0.1) is 10.0 Å². The van der Waals surface area contributed by atoms with Crippen LogP contribution in [0, 0.1) is 0 Å². The Balaban J connectivity index is 1.95. The molecule has 0 saturated heterocycles. The van der Waals surface area contributed by atoms with Crippen LogP contribution < -0.4 is 5.73 Å². The molecule has 1 unspecified atom stereocenters. The number of aromatic nitrogens is 1. The van der Waals surface area contributed by atoms with Crippen molar-refractivity contribution in [2.75, 3.05) is 5.75 Å². The number of aliphatic imine (C=N–C) groups is 1. The minimum absolute atomic E-state index is 0.0123. The first-order valence-electron chi connectivity index (χ1n) is 8.11. The standard InChI is InChI=1S/C18H14Cl2F3N3OS/c19-12-8-13(20)15(25-9-12)14(27)7-10-2-1-3-11(6-10)17(18(21,22)23)4-5-28-16(24)26-17/h1-3,6,8-9H,4-5,7H2,(H2,24,26). The van der Waals surface area contributed by atoms with Crippen molar-refractivity contribution in [1.82, 2.24) is 4.98 Å². The molecule has 0 spiro atoms. The number of rotatable bonds is 4. The molecule has 0 fully saturated rings. The second kappa shape index (κ2) is 7.93. The molecule has 3 rings (SSSR count). The molecule has 0 saturated carbocycles. The summed E-state index contributed by atoms with van der Waals surface area (Å²) in [5.41, 5.74) is 3.53. The number of pyridine rings is 1. The van der Waals surface area contributed by atoms with Crippen LogP contribution in [-0.4, -0.2) is 27.9 Å². The normalized spacial score (nSPS) is 20.0. The third-order valence-electron chi connectivity index (χ3n) is 4.32.